The van der Waals surface area contributed by atoms with E-state index < -0.39 is 0 Å². The van der Waals surface area contributed by atoms with Crippen molar-refractivity contribution >= 4 is 29.4 Å². The number of aromatic nitrogens is 1. The van der Waals surface area contributed by atoms with Crippen LogP contribution in [-0.4, -0.2) is 28.5 Å². The molecule has 0 aliphatic rings. The lowest BCUT2D eigenvalue weighted by atomic mass is 10.1. The molecule has 0 aliphatic heterocycles. The van der Waals surface area contributed by atoms with Crippen LogP contribution in [0.5, 0.6) is 0 Å². The third-order valence-electron chi connectivity index (χ3n) is 3.10. The molecule has 23 heavy (non-hydrogen) atoms. The second-order valence-corrected chi connectivity index (χ2v) is 6.05. The van der Waals surface area contributed by atoms with Crippen molar-refractivity contribution in [2.75, 3.05) is 16.8 Å². The maximum atomic E-state index is 11.8. The Morgan fingerprint density at radius 3 is 2.61 bits per heavy atom. The molecular formula is C16H19N3O3S. The predicted octanol–water partition coefficient (Wildman–Crippen LogP) is 2.28. The lowest BCUT2D eigenvalue weighted by molar-refractivity contribution is -0.118. The molecule has 0 saturated carbocycles. The largest absolute Gasteiger partial charge is 0.360 e. The number of carbonyl (C=O) groups is 2. The van der Waals surface area contributed by atoms with Gasteiger partial charge in [0.1, 0.15) is 5.76 Å². The molecule has 0 unspecified atom stereocenters. The van der Waals surface area contributed by atoms with Crippen LogP contribution in [0, 0.1) is 13.8 Å². The minimum absolute atomic E-state index is 0.0941. The molecule has 0 aliphatic carbocycles. The highest BCUT2D eigenvalue weighted by atomic mass is 32.2. The van der Waals surface area contributed by atoms with E-state index in [1.807, 2.05) is 31.2 Å². The Bertz CT molecular complexity index is 685. The topological polar surface area (TPSA) is 84.2 Å². The summed E-state index contributed by atoms with van der Waals surface area (Å²) in [5.74, 6) is 1.12. The Morgan fingerprint density at radius 2 is 1.91 bits per heavy atom. The minimum atomic E-state index is -0.213. The maximum Gasteiger partial charge on any atom is 0.235 e. The normalized spacial score (nSPS) is 10.3. The molecule has 1 aromatic heterocycles. The molecule has 0 radical (unpaired) electrons. The number of hydrogen-bond donors (Lipinski definition) is 2. The molecule has 2 aromatic rings. The highest BCUT2D eigenvalue weighted by molar-refractivity contribution is 8.00. The molecule has 0 spiro atoms. The Balaban J connectivity index is 1.64. The molecule has 2 N–H and O–H groups in total. The molecule has 1 aromatic carbocycles. The quantitative estimate of drug-likeness (QED) is 0.812. The van der Waals surface area contributed by atoms with Gasteiger partial charge in [-0.2, -0.15) is 0 Å². The zero-order valence-corrected chi connectivity index (χ0v) is 13.9. The van der Waals surface area contributed by atoms with Crippen molar-refractivity contribution in [3.05, 3.63) is 47.2 Å². The van der Waals surface area contributed by atoms with Crippen LogP contribution in [0.3, 0.4) is 0 Å². The molecule has 6 nitrogen and oxygen atoms in total. The van der Waals surface area contributed by atoms with E-state index in [0.717, 1.165) is 11.1 Å². The highest BCUT2D eigenvalue weighted by Crippen LogP contribution is 2.09. The first-order valence-electron chi connectivity index (χ1n) is 7.16. The number of thioether (sulfide) groups is 1. The number of aryl methyl sites for hydroxylation is 2. The van der Waals surface area contributed by atoms with Gasteiger partial charge in [-0.25, -0.2) is 0 Å². The van der Waals surface area contributed by atoms with E-state index in [2.05, 4.69) is 15.8 Å². The van der Waals surface area contributed by atoms with Crippen LogP contribution < -0.4 is 10.6 Å². The van der Waals surface area contributed by atoms with Gasteiger partial charge in [-0.3, -0.25) is 9.59 Å². The van der Waals surface area contributed by atoms with Crippen LogP contribution >= 0.6 is 11.8 Å². The SMILES string of the molecule is Cc1cc(NC(=O)CSCC(=O)NCc2ccccc2C)no1. The molecule has 0 saturated heterocycles. The number of hydrogen-bond acceptors (Lipinski definition) is 5. The van der Waals surface area contributed by atoms with Gasteiger partial charge in [0, 0.05) is 12.6 Å². The summed E-state index contributed by atoms with van der Waals surface area (Å²) >= 11 is 1.25. The Morgan fingerprint density at radius 1 is 1.17 bits per heavy atom. The number of nitrogens with one attached hydrogen (secondary N) is 2. The first kappa shape index (κ1) is 17.1. The first-order valence-corrected chi connectivity index (χ1v) is 8.32. The van der Waals surface area contributed by atoms with E-state index in [9.17, 15) is 9.59 Å². The van der Waals surface area contributed by atoms with Gasteiger partial charge in [0.25, 0.3) is 0 Å². The average molecular weight is 333 g/mol. The highest BCUT2D eigenvalue weighted by Gasteiger charge is 2.08. The van der Waals surface area contributed by atoms with Crippen molar-refractivity contribution in [1.29, 1.82) is 0 Å². The molecule has 0 bridgehead atoms. The second kappa shape index (κ2) is 8.38. The van der Waals surface area contributed by atoms with Crippen LogP contribution in [0.4, 0.5) is 5.82 Å². The zero-order chi connectivity index (χ0) is 16.7. The fourth-order valence-corrected chi connectivity index (χ4v) is 2.54. The minimum Gasteiger partial charge on any atom is -0.360 e. The lowest BCUT2D eigenvalue weighted by Gasteiger charge is -2.07. The third-order valence-corrected chi connectivity index (χ3v) is 4.03. The van der Waals surface area contributed by atoms with Gasteiger partial charge >= 0.3 is 0 Å². The fraction of sp³-hybridized carbons (Fsp3) is 0.312. The standard InChI is InChI=1S/C16H19N3O3S/c1-11-5-3-4-6-13(11)8-17-15(20)9-23-10-16(21)18-14-7-12(2)22-19-14/h3-7H,8-10H2,1-2H3,(H,17,20)(H,18,19,21). The monoisotopic (exact) mass is 333 g/mol. The van der Waals surface area contributed by atoms with E-state index >= 15 is 0 Å². The first-order chi connectivity index (χ1) is 11.0. The maximum absolute atomic E-state index is 11.8. The van der Waals surface area contributed by atoms with Crippen LogP contribution in [0.25, 0.3) is 0 Å². The van der Waals surface area contributed by atoms with Gasteiger partial charge in [-0.15, -0.1) is 11.8 Å². The van der Waals surface area contributed by atoms with Gasteiger partial charge in [-0.05, 0) is 25.0 Å². The van der Waals surface area contributed by atoms with Crippen molar-refractivity contribution in [2.45, 2.75) is 20.4 Å². The van der Waals surface area contributed by atoms with Gasteiger partial charge in [-0.1, -0.05) is 29.4 Å². The summed E-state index contributed by atoms with van der Waals surface area (Å²) < 4.78 is 4.86. The predicted molar refractivity (Wildman–Crippen MR) is 90.2 cm³/mol. The zero-order valence-electron chi connectivity index (χ0n) is 13.1. The lowest BCUT2D eigenvalue weighted by Crippen LogP contribution is -2.26. The molecule has 122 valence electrons. The molecular weight excluding hydrogens is 314 g/mol. The number of carbonyl (C=O) groups excluding carboxylic acids is 2. The van der Waals surface area contributed by atoms with E-state index in [-0.39, 0.29) is 23.3 Å². The summed E-state index contributed by atoms with van der Waals surface area (Å²) in [5, 5.41) is 9.13. The van der Waals surface area contributed by atoms with Crippen LogP contribution in [-0.2, 0) is 16.1 Å². The van der Waals surface area contributed by atoms with E-state index in [4.69, 9.17) is 4.52 Å². The number of benzene rings is 1. The van der Waals surface area contributed by atoms with Crippen molar-refractivity contribution < 1.29 is 14.1 Å². The fourth-order valence-electron chi connectivity index (χ4n) is 1.89. The summed E-state index contributed by atoms with van der Waals surface area (Å²) in [7, 11) is 0. The van der Waals surface area contributed by atoms with Gasteiger partial charge in [0.15, 0.2) is 5.82 Å². The summed E-state index contributed by atoms with van der Waals surface area (Å²) in [6, 6.07) is 9.53. The number of anilines is 1. The molecule has 0 atom stereocenters. The molecule has 2 rings (SSSR count). The van der Waals surface area contributed by atoms with Crippen molar-refractivity contribution in [1.82, 2.24) is 10.5 Å². The van der Waals surface area contributed by atoms with Gasteiger partial charge < -0.3 is 15.2 Å². The van der Waals surface area contributed by atoms with Crippen LogP contribution in [0.15, 0.2) is 34.9 Å². The smallest absolute Gasteiger partial charge is 0.235 e. The number of rotatable bonds is 7. The van der Waals surface area contributed by atoms with Crippen molar-refractivity contribution in [2.24, 2.45) is 0 Å². The number of nitrogens with zero attached hydrogens (tertiary/aromatic N) is 1. The van der Waals surface area contributed by atoms with Crippen LogP contribution in [0.2, 0.25) is 0 Å². The molecule has 0 fully saturated rings. The van der Waals surface area contributed by atoms with E-state index in [0.29, 0.717) is 18.1 Å². The number of amides is 2. The Hall–Kier alpha value is -2.28. The summed E-state index contributed by atoms with van der Waals surface area (Å²) in [6.07, 6.45) is 0. The van der Waals surface area contributed by atoms with Gasteiger partial charge in [0.05, 0.1) is 11.5 Å². The summed E-state index contributed by atoms with van der Waals surface area (Å²) in [6.45, 7) is 4.25. The second-order valence-electron chi connectivity index (χ2n) is 5.07. The Labute approximate surface area is 139 Å². The third kappa shape index (κ3) is 5.78. The van der Waals surface area contributed by atoms with Gasteiger partial charge in [0.2, 0.25) is 11.8 Å². The van der Waals surface area contributed by atoms with Crippen molar-refractivity contribution in [3.8, 4) is 0 Å². The van der Waals surface area contributed by atoms with Crippen LogP contribution in [0.1, 0.15) is 16.9 Å². The van der Waals surface area contributed by atoms with Crippen molar-refractivity contribution in [3.63, 3.8) is 0 Å². The Kier molecular flexibility index (Phi) is 6.22. The van der Waals surface area contributed by atoms with E-state index in [1.54, 1.807) is 13.0 Å². The van der Waals surface area contributed by atoms with E-state index in [1.165, 1.54) is 11.8 Å². The summed E-state index contributed by atoms with van der Waals surface area (Å²) in [5.41, 5.74) is 2.23. The summed E-state index contributed by atoms with van der Waals surface area (Å²) in [4.78, 5) is 23.5. The molecule has 1 heterocycles. The average Bonchev–Trinajstić information content (AvgIpc) is 2.91. The molecule has 2 amide bonds. The molecule has 7 heteroatoms.